The number of carbonyl (C=O) groups excluding carboxylic acids is 3. The smallest absolute Gasteiger partial charge is 0.374 e. The van der Waals surface area contributed by atoms with Crippen molar-refractivity contribution in [3.05, 3.63) is 36.3 Å². The average molecular weight is 553 g/mol. The van der Waals surface area contributed by atoms with Crippen LogP contribution in [0, 0.1) is 40.4 Å². The SMILES string of the molecule is CC(=O)O[C@H]1CC[C@@]2(C)[C@H](CC[C@@H]3[C@@H]2CC[C@]2(C)[C@@H](C4C=CC(=O)OC4C)[C@@H](OC(=O)c4ccco4)[C@H]4O[C@]342)C1. The molecule has 40 heavy (non-hydrogen) atoms. The first kappa shape index (κ1) is 26.3. The standard InChI is InChI=1S/C32H40O8/c1-17-21(8-10-25(34)37-17)26-27(39-29(35)24-6-5-15-36-24)28-32(40-28)23-9-7-19-16-20(38-18(2)33)11-13-30(19,3)22(23)12-14-31(26,32)4/h5-6,8,10,15,17,19-23,26-28H,7,9,11-14,16H2,1-4H3/t17?,19-,20+,21?,22+,23-,26+,27-,28-,30+,31-,32-/m1/s1. The molecule has 1 aromatic heterocycles. The highest BCUT2D eigenvalue weighted by Gasteiger charge is 2.85. The summed E-state index contributed by atoms with van der Waals surface area (Å²) in [6.45, 7) is 8.24. The number of esters is 3. The minimum atomic E-state index is -0.478. The Kier molecular flexibility index (Phi) is 5.88. The predicted octanol–water partition coefficient (Wildman–Crippen LogP) is 5.25. The summed E-state index contributed by atoms with van der Waals surface area (Å²) in [5, 5.41) is 0. The van der Waals surface area contributed by atoms with Crippen molar-refractivity contribution < 1.29 is 37.7 Å². The molecule has 7 rings (SSSR count). The number of hydrogen-bond acceptors (Lipinski definition) is 8. The van der Waals surface area contributed by atoms with Crippen molar-refractivity contribution in [2.24, 2.45) is 40.4 Å². The zero-order valence-corrected chi connectivity index (χ0v) is 23.8. The number of rotatable bonds is 4. The Morgan fingerprint density at radius 3 is 2.60 bits per heavy atom. The third-order valence-corrected chi connectivity index (χ3v) is 12.1. The normalized spacial score (nSPS) is 48.6. The lowest BCUT2D eigenvalue weighted by Crippen LogP contribution is -2.59. The molecule has 0 N–H and O–H groups in total. The molecular weight excluding hydrogens is 512 g/mol. The Morgan fingerprint density at radius 1 is 1.05 bits per heavy atom. The van der Waals surface area contributed by atoms with Gasteiger partial charge in [-0.2, -0.15) is 0 Å². The molecule has 2 unspecified atom stereocenters. The summed E-state index contributed by atoms with van der Waals surface area (Å²) in [7, 11) is 0. The monoisotopic (exact) mass is 552 g/mol. The zero-order valence-electron chi connectivity index (χ0n) is 23.8. The fraction of sp³-hybridized carbons (Fsp3) is 0.719. The van der Waals surface area contributed by atoms with Crippen LogP contribution in [0.4, 0.5) is 0 Å². The van der Waals surface area contributed by atoms with Crippen LogP contribution in [0.5, 0.6) is 0 Å². The lowest BCUT2D eigenvalue weighted by atomic mass is 9.43. The number of ether oxygens (including phenoxy) is 4. The van der Waals surface area contributed by atoms with Crippen molar-refractivity contribution >= 4 is 17.9 Å². The first-order valence-corrected chi connectivity index (χ1v) is 15.1. The largest absolute Gasteiger partial charge is 0.463 e. The second-order valence-electron chi connectivity index (χ2n) is 13.7. The summed E-state index contributed by atoms with van der Waals surface area (Å²) in [6.07, 6.45) is 11.1. The maximum absolute atomic E-state index is 13.2. The van der Waals surface area contributed by atoms with Gasteiger partial charge in [0.05, 0.1) is 6.26 Å². The van der Waals surface area contributed by atoms with Crippen LogP contribution >= 0.6 is 0 Å². The van der Waals surface area contributed by atoms with E-state index in [1.165, 1.54) is 19.3 Å². The van der Waals surface area contributed by atoms with E-state index in [1.54, 1.807) is 12.1 Å². The number of hydrogen-bond donors (Lipinski definition) is 0. The van der Waals surface area contributed by atoms with Gasteiger partial charge in [-0.1, -0.05) is 19.9 Å². The maximum Gasteiger partial charge on any atom is 0.374 e. The molecule has 1 aromatic rings. The molecule has 0 radical (unpaired) electrons. The van der Waals surface area contributed by atoms with Gasteiger partial charge >= 0.3 is 17.9 Å². The van der Waals surface area contributed by atoms with Gasteiger partial charge < -0.3 is 23.4 Å². The van der Waals surface area contributed by atoms with E-state index in [9.17, 15) is 14.4 Å². The number of furan rings is 1. The van der Waals surface area contributed by atoms with Crippen molar-refractivity contribution in [3.8, 4) is 0 Å². The van der Waals surface area contributed by atoms with Crippen LogP contribution in [0.25, 0.3) is 0 Å². The van der Waals surface area contributed by atoms with E-state index in [0.29, 0.717) is 17.8 Å². The van der Waals surface area contributed by atoms with Crippen LogP contribution < -0.4 is 0 Å². The van der Waals surface area contributed by atoms with Crippen molar-refractivity contribution in [1.29, 1.82) is 0 Å². The molecule has 0 aromatic carbocycles. The molecule has 216 valence electrons. The molecule has 8 nitrogen and oxygen atoms in total. The first-order valence-electron chi connectivity index (χ1n) is 15.1. The second-order valence-corrected chi connectivity index (χ2v) is 13.7. The molecule has 1 spiro atoms. The van der Waals surface area contributed by atoms with Crippen LogP contribution in [0.15, 0.2) is 35.0 Å². The topological polar surface area (TPSA) is 105 Å². The lowest BCUT2D eigenvalue weighted by Gasteiger charge is -2.61. The van der Waals surface area contributed by atoms with Crippen LogP contribution in [-0.4, -0.2) is 47.9 Å². The highest BCUT2D eigenvalue weighted by molar-refractivity contribution is 5.86. The van der Waals surface area contributed by atoms with Gasteiger partial charge in [0.25, 0.3) is 0 Å². The average Bonchev–Trinajstić information content (AvgIpc) is 3.30. The zero-order chi connectivity index (χ0) is 28.0. The summed E-state index contributed by atoms with van der Waals surface area (Å²) < 4.78 is 29.8. The van der Waals surface area contributed by atoms with Crippen molar-refractivity contribution in [3.63, 3.8) is 0 Å². The van der Waals surface area contributed by atoms with E-state index in [2.05, 4.69) is 13.8 Å². The molecule has 0 bridgehead atoms. The summed E-state index contributed by atoms with van der Waals surface area (Å²) >= 11 is 0. The van der Waals surface area contributed by atoms with Crippen LogP contribution in [-0.2, 0) is 28.5 Å². The van der Waals surface area contributed by atoms with Crippen LogP contribution in [0.2, 0.25) is 0 Å². The summed E-state index contributed by atoms with van der Waals surface area (Å²) in [4.78, 5) is 36.9. The molecule has 4 saturated carbocycles. The minimum Gasteiger partial charge on any atom is -0.463 e. The minimum absolute atomic E-state index is 0.0209. The number of cyclic esters (lactones) is 1. The third kappa shape index (κ3) is 3.56. The molecule has 1 saturated heterocycles. The maximum atomic E-state index is 13.2. The van der Waals surface area contributed by atoms with Gasteiger partial charge in [-0.05, 0) is 87.2 Å². The quantitative estimate of drug-likeness (QED) is 0.283. The summed E-state index contributed by atoms with van der Waals surface area (Å²) in [6, 6.07) is 3.31. The van der Waals surface area contributed by atoms with Crippen LogP contribution in [0.3, 0.4) is 0 Å². The molecular formula is C32H40O8. The van der Waals surface area contributed by atoms with E-state index in [-0.39, 0.29) is 64.3 Å². The molecule has 4 aliphatic carbocycles. The van der Waals surface area contributed by atoms with Crippen molar-refractivity contribution in [2.75, 3.05) is 0 Å². The highest BCUT2D eigenvalue weighted by atomic mass is 16.7. The number of epoxide rings is 1. The lowest BCUT2D eigenvalue weighted by molar-refractivity contribution is -0.174. The van der Waals surface area contributed by atoms with E-state index >= 15 is 0 Å². The van der Waals surface area contributed by atoms with E-state index in [0.717, 1.165) is 44.9 Å². The Bertz CT molecular complexity index is 1240. The van der Waals surface area contributed by atoms with Crippen molar-refractivity contribution in [1.82, 2.24) is 0 Å². The van der Waals surface area contributed by atoms with E-state index < -0.39 is 12.1 Å². The fourth-order valence-corrected chi connectivity index (χ4v) is 10.5. The van der Waals surface area contributed by atoms with Gasteiger partial charge in [0.2, 0.25) is 5.76 Å². The highest BCUT2D eigenvalue weighted by Crippen LogP contribution is 2.78. The Labute approximate surface area is 235 Å². The van der Waals surface area contributed by atoms with E-state index in [1.807, 2.05) is 13.0 Å². The van der Waals surface area contributed by atoms with Gasteiger partial charge in [-0.3, -0.25) is 4.79 Å². The fourth-order valence-electron chi connectivity index (χ4n) is 10.5. The Balaban J connectivity index is 1.22. The molecule has 0 amide bonds. The van der Waals surface area contributed by atoms with Gasteiger partial charge in [0.15, 0.2) is 0 Å². The molecule has 8 heteroatoms. The number of carbonyl (C=O) groups is 3. The molecule has 3 heterocycles. The van der Waals surface area contributed by atoms with E-state index in [4.69, 9.17) is 23.4 Å². The van der Waals surface area contributed by atoms with Gasteiger partial charge in [-0.15, -0.1) is 0 Å². The Hall–Kier alpha value is -2.61. The summed E-state index contributed by atoms with van der Waals surface area (Å²) in [5.41, 5.74) is -0.444. The molecule has 2 aliphatic heterocycles. The third-order valence-electron chi connectivity index (χ3n) is 12.1. The van der Waals surface area contributed by atoms with Gasteiger partial charge in [0.1, 0.15) is 30.0 Å². The molecule has 5 fully saturated rings. The first-order chi connectivity index (χ1) is 19.1. The molecule has 6 aliphatic rings. The molecule has 12 atom stereocenters. The predicted molar refractivity (Wildman–Crippen MR) is 142 cm³/mol. The van der Waals surface area contributed by atoms with Crippen LogP contribution in [0.1, 0.15) is 83.2 Å². The summed E-state index contributed by atoms with van der Waals surface area (Å²) in [5.74, 6) is 0.456. The second kappa shape index (κ2) is 8.94. The van der Waals surface area contributed by atoms with Gasteiger partial charge in [-0.25, -0.2) is 9.59 Å². The Morgan fingerprint density at radius 2 is 1.88 bits per heavy atom. The van der Waals surface area contributed by atoms with Gasteiger partial charge in [0, 0.05) is 30.3 Å². The number of fused-ring (bicyclic) bond motifs is 3. The van der Waals surface area contributed by atoms with Crippen molar-refractivity contribution in [2.45, 2.75) is 103 Å².